The predicted molar refractivity (Wildman–Crippen MR) is 144 cm³/mol. The highest BCUT2D eigenvalue weighted by molar-refractivity contribution is 5.95. The van der Waals surface area contributed by atoms with Crippen LogP contribution < -0.4 is 38.9 Å². The Kier molecular flexibility index (Phi) is 14.1. The van der Waals surface area contributed by atoms with Crippen LogP contribution in [0.1, 0.15) is 37.7 Å². The molecule has 1 rings (SSSR count). The molecule has 41 heavy (non-hydrogen) atoms. The number of nitrogens with one attached hydrogen (secondary N) is 3. The molecule has 0 aromatic heterocycles. The van der Waals surface area contributed by atoms with Gasteiger partial charge in [0.25, 0.3) is 0 Å². The number of nitrogens with two attached hydrogens (primary N) is 4. The summed E-state index contributed by atoms with van der Waals surface area (Å²) < 4.78 is 0. The SMILES string of the molecule is NC(=O)CCC(NC(=O)C(Cc1ccc(O)cc1)NC(=O)C(CCCN=C(N)N)NC(=O)C(N)CC(=O)O)C(=O)O. The van der Waals surface area contributed by atoms with Gasteiger partial charge in [-0.05, 0) is 37.0 Å². The number of carbonyl (C=O) groups is 6. The molecule has 4 atom stereocenters. The van der Waals surface area contributed by atoms with Crippen molar-refractivity contribution in [3.8, 4) is 5.75 Å². The van der Waals surface area contributed by atoms with Crippen molar-refractivity contribution < 1.29 is 44.1 Å². The van der Waals surface area contributed by atoms with E-state index >= 15 is 0 Å². The minimum atomic E-state index is -1.50. The van der Waals surface area contributed by atoms with Crippen LogP contribution in [0.25, 0.3) is 0 Å². The van der Waals surface area contributed by atoms with E-state index in [9.17, 15) is 39.0 Å². The number of rotatable bonds is 18. The van der Waals surface area contributed by atoms with Gasteiger partial charge < -0.3 is 54.2 Å². The van der Waals surface area contributed by atoms with Crippen LogP contribution in [0.15, 0.2) is 29.3 Å². The Labute approximate surface area is 234 Å². The first-order chi connectivity index (χ1) is 19.2. The molecule has 0 aliphatic rings. The third-order valence-electron chi connectivity index (χ3n) is 5.61. The van der Waals surface area contributed by atoms with E-state index in [2.05, 4.69) is 20.9 Å². The summed E-state index contributed by atoms with van der Waals surface area (Å²) in [5.41, 5.74) is 21.8. The van der Waals surface area contributed by atoms with Crippen LogP contribution in [0.3, 0.4) is 0 Å². The molecule has 0 saturated heterocycles. The number of hydrogen-bond donors (Lipinski definition) is 10. The van der Waals surface area contributed by atoms with Crippen molar-refractivity contribution in [3.63, 3.8) is 0 Å². The molecule has 0 radical (unpaired) electrons. The Morgan fingerprint density at radius 3 is 1.90 bits per heavy atom. The smallest absolute Gasteiger partial charge is 0.326 e. The third-order valence-corrected chi connectivity index (χ3v) is 5.61. The van der Waals surface area contributed by atoms with Gasteiger partial charge in [-0.15, -0.1) is 0 Å². The third kappa shape index (κ3) is 13.6. The Bertz CT molecular complexity index is 1120. The second-order valence-electron chi connectivity index (χ2n) is 9.05. The van der Waals surface area contributed by atoms with Crippen LogP contribution in [0.2, 0.25) is 0 Å². The first kappa shape index (κ1) is 34.1. The number of primary amides is 1. The summed E-state index contributed by atoms with van der Waals surface area (Å²) in [5.74, 6) is -6.54. The van der Waals surface area contributed by atoms with E-state index in [1.807, 2.05) is 0 Å². The molecule has 1 aromatic rings. The number of hydrogen-bond acceptors (Lipinski definition) is 9. The average molecular weight is 581 g/mol. The number of phenolic OH excluding ortho intramolecular Hbond substituents is 1. The number of aliphatic imine (C=N–C) groups is 1. The van der Waals surface area contributed by atoms with E-state index < -0.39 is 66.2 Å². The fourth-order valence-corrected chi connectivity index (χ4v) is 3.50. The highest BCUT2D eigenvalue weighted by Gasteiger charge is 2.31. The van der Waals surface area contributed by atoms with Gasteiger partial charge in [-0.3, -0.25) is 29.0 Å². The minimum absolute atomic E-state index is 0.0436. The van der Waals surface area contributed by atoms with Gasteiger partial charge in [0.15, 0.2) is 5.96 Å². The van der Waals surface area contributed by atoms with Gasteiger partial charge in [-0.25, -0.2) is 4.79 Å². The highest BCUT2D eigenvalue weighted by atomic mass is 16.4. The number of nitrogens with zero attached hydrogens (tertiary/aromatic N) is 1. The fraction of sp³-hybridized carbons (Fsp3) is 0.458. The summed E-state index contributed by atoms with van der Waals surface area (Å²) >= 11 is 0. The molecule has 4 amide bonds. The zero-order chi connectivity index (χ0) is 31.1. The van der Waals surface area contributed by atoms with E-state index in [0.717, 1.165) is 0 Å². The number of carboxylic acid groups (broad SMARTS) is 2. The molecule has 4 unspecified atom stereocenters. The lowest BCUT2D eigenvalue weighted by molar-refractivity contribution is -0.142. The van der Waals surface area contributed by atoms with Crippen molar-refractivity contribution in [1.82, 2.24) is 16.0 Å². The van der Waals surface area contributed by atoms with Crippen LogP contribution in [0.5, 0.6) is 5.75 Å². The summed E-state index contributed by atoms with van der Waals surface area (Å²) in [4.78, 5) is 76.4. The van der Waals surface area contributed by atoms with E-state index in [0.29, 0.717) is 5.56 Å². The Morgan fingerprint density at radius 1 is 0.805 bits per heavy atom. The van der Waals surface area contributed by atoms with Crippen LogP contribution in [0, 0.1) is 0 Å². The molecule has 226 valence electrons. The molecular formula is C24H36N8O9. The van der Waals surface area contributed by atoms with Crippen LogP contribution >= 0.6 is 0 Å². The predicted octanol–water partition coefficient (Wildman–Crippen LogP) is -3.41. The van der Waals surface area contributed by atoms with Crippen LogP contribution in [0.4, 0.5) is 0 Å². The van der Waals surface area contributed by atoms with Gasteiger partial charge in [0.2, 0.25) is 23.6 Å². The second kappa shape index (κ2) is 16.9. The average Bonchev–Trinajstić information content (AvgIpc) is 2.87. The Hall–Kier alpha value is -4.93. The molecule has 17 nitrogen and oxygen atoms in total. The van der Waals surface area contributed by atoms with Gasteiger partial charge >= 0.3 is 11.9 Å². The largest absolute Gasteiger partial charge is 0.508 e. The first-order valence-electron chi connectivity index (χ1n) is 12.4. The van der Waals surface area contributed by atoms with E-state index in [1.54, 1.807) is 0 Å². The van der Waals surface area contributed by atoms with Crippen molar-refractivity contribution in [2.24, 2.45) is 27.9 Å². The maximum absolute atomic E-state index is 13.3. The van der Waals surface area contributed by atoms with E-state index in [4.69, 9.17) is 28.0 Å². The number of benzene rings is 1. The van der Waals surface area contributed by atoms with Crippen molar-refractivity contribution in [3.05, 3.63) is 29.8 Å². The maximum Gasteiger partial charge on any atom is 0.326 e. The molecular weight excluding hydrogens is 544 g/mol. The molecule has 0 bridgehead atoms. The number of guanidine groups is 1. The lowest BCUT2D eigenvalue weighted by Gasteiger charge is -2.25. The molecule has 0 saturated carbocycles. The number of phenols is 1. The number of aliphatic carboxylic acids is 2. The van der Waals surface area contributed by atoms with Gasteiger partial charge in [0, 0.05) is 19.4 Å². The van der Waals surface area contributed by atoms with Crippen molar-refractivity contribution >= 4 is 41.5 Å². The monoisotopic (exact) mass is 580 g/mol. The molecule has 0 fully saturated rings. The number of amides is 4. The summed E-state index contributed by atoms with van der Waals surface area (Å²) in [6.45, 7) is 0.0841. The lowest BCUT2D eigenvalue weighted by atomic mass is 10.0. The molecule has 0 spiro atoms. The molecule has 0 aliphatic carbocycles. The number of aromatic hydroxyl groups is 1. The molecule has 17 heteroatoms. The molecule has 14 N–H and O–H groups in total. The molecule has 0 heterocycles. The zero-order valence-electron chi connectivity index (χ0n) is 22.1. The summed E-state index contributed by atoms with van der Waals surface area (Å²) in [6.07, 6.45) is -1.35. The number of carboxylic acids is 2. The van der Waals surface area contributed by atoms with Gasteiger partial charge in [0.05, 0.1) is 12.5 Å². The van der Waals surface area contributed by atoms with Crippen molar-refractivity contribution in [2.75, 3.05) is 6.54 Å². The fourth-order valence-electron chi connectivity index (χ4n) is 3.50. The quantitative estimate of drug-likeness (QED) is 0.0461. The van der Waals surface area contributed by atoms with Crippen LogP contribution in [-0.4, -0.2) is 87.6 Å². The van der Waals surface area contributed by atoms with Gasteiger partial charge in [-0.1, -0.05) is 12.1 Å². The highest BCUT2D eigenvalue weighted by Crippen LogP contribution is 2.12. The summed E-state index contributed by atoms with van der Waals surface area (Å²) in [6, 6.07) is -0.0302. The second-order valence-corrected chi connectivity index (χ2v) is 9.05. The standard InChI is InChI=1S/C24H36N8O9/c25-14(11-19(35)36)20(37)30-15(2-1-9-29-24(27)28)21(38)32-17(10-12-3-5-13(33)6-4-12)22(39)31-16(23(40)41)7-8-18(26)34/h3-6,14-17,33H,1-2,7-11,25H2,(H2,26,34)(H,30,37)(H,31,39)(H,32,38)(H,35,36)(H,40,41)(H4,27,28,29). The summed E-state index contributed by atoms with van der Waals surface area (Å²) in [7, 11) is 0. The maximum atomic E-state index is 13.3. The lowest BCUT2D eigenvalue weighted by Crippen LogP contribution is -2.57. The minimum Gasteiger partial charge on any atom is -0.508 e. The Morgan fingerprint density at radius 2 is 1.37 bits per heavy atom. The van der Waals surface area contributed by atoms with E-state index in [1.165, 1.54) is 24.3 Å². The first-order valence-corrected chi connectivity index (χ1v) is 12.4. The topological polar surface area (TPSA) is 316 Å². The van der Waals surface area contributed by atoms with Crippen molar-refractivity contribution in [1.29, 1.82) is 0 Å². The Balaban J connectivity index is 3.21. The molecule has 0 aliphatic heterocycles. The normalized spacial score (nSPS) is 13.5. The van der Waals surface area contributed by atoms with Crippen LogP contribution in [-0.2, 0) is 35.2 Å². The molecule has 1 aromatic carbocycles. The van der Waals surface area contributed by atoms with Gasteiger partial charge in [-0.2, -0.15) is 0 Å². The van der Waals surface area contributed by atoms with Gasteiger partial charge in [0.1, 0.15) is 23.9 Å². The number of carbonyl (C=O) groups excluding carboxylic acids is 4. The van der Waals surface area contributed by atoms with Crippen molar-refractivity contribution in [2.45, 2.75) is 62.7 Å². The summed E-state index contributed by atoms with van der Waals surface area (Å²) in [5, 5.41) is 35.0. The van der Waals surface area contributed by atoms with E-state index in [-0.39, 0.29) is 50.4 Å². The zero-order valence-corrected chi connectivity index (χ0v) is 22.1.